The van der Waals surface area contributed by atoms with E-state index in [-0.39, 0.29) is 11.3 Å². The maximum absolute atomic E-state index is 11.6. The van der Waals surface area contributed by atoms with E-state index in [9.17, 15) is 9.90 Å². The first-order chi connectivity index (χ1) is 9.65. The average molecular weight is 295 g/mol. The van der Waals surface area contributed by atoms with E-state index >= 15 is 0 Å². The van der Waals surface area contributed by atoms with Crippen LogP contribution in [-0.4, -0.2) is 39.3 Å². The fourth-order valence-corrected chi connectivity index (χ4v) is 2.75. The Bertz CT molecular complexity index is 518. The van der Waals surface area contributed by atoms with Crippen molar-refractivity contribution in [1.29, 1.82) is 0 Å². The number of nitrogens with zero attached hydrogens (tertiary/aromatic N) is 3. The Balaban J connectivity index is 2.06. The fourth-order valence-electron chi connectivity index (χ4n) is 2.75. The molecule has 1 aliphatic rings. The van der Waals surface area contributed by atoms with E-state index in [1.165, 1.54) is 0 Å². The third kappa shape index (κ3) is 3.10. The van der Waals surface area contributed by atoms with Gasteiger partial charge in [0.05, 0.1) is 12.0 Å². The van der Waals surface area contributed by atoms with E-state index in [2.05, 4.69) is 15.1 Å². The molecule has 6 nitrogen and oxygen atoms in total. The van der Waals surface area contributed by atoms with Crippen LogP contribution in [0, 0.1) is 11.3 Å². The first-order valence-corrected chi connectivity index (χ1v) is 7.44. The highest BCUT2D eigenvalue weighted by atomic mass is 16.4. The Morgan fingerprint density at radius 2 is 2.10 bits per heavy atom. The molecule has 2 heterocycles. The van der Waals surface area contributed by atoms with Gasteiger partial charge in [-0.1, -0.05) is 34.6 Å². The zero-order chi connectivity index (χ0) is 15.8. The molecule has 0 aliphatic carbocycles. The lowest BCUT2D eigenvalue weighted by atomic mass is 9.76. The number of carboxylic acid groups (broad SMARTS) is 1. The van der Waals surface area contributed by atoms with Crippen molar-refractivity contribution in [3.05, 3.63) is 11.8 Å². The summed E-state index contributed by atoms with van der Waals surface area (Å²) in [5.41, 5.74) is -0.827. The van der Waals surface area contributed by atoms with Crippen molar-refractivity contribution in [2.24, 2.45) is 11.3 Å². The van der Waals surface area contributed by atoms with Crippen LogP contribution in [0.5, 0.6) is 0 Å². The monoisotopic (exact) mass is 295 g/mol. The number of hydrogen-bond acceptors (Lipinski definition) is 5. The Morgan fingerprint density at radius 1 is 1.43 bits per heavy atom. The molecule has 0 radical (unpaired) electrons. The third-order valence-corrected chi connectivity index (χ3v) is 4.38. The van der Waals surface area contributed by atoms with E-state index < -0.39 is 11.4 Å². The molecular formula is C15H25N3O3. The molecule has 1 N–H and O–H groups in total. The van der Waals surface area contributed by atoms with Gasteiger partial charge >= 0.3 is 5.97 Å². The second-order valence-electron chi connectivity index (χ2n) is 7.33. The molecule has 6 heteroatoms. The van der Waals surface area contributed by atoms with E-state index in [1.807, 2.05) is 34.6 Å². The number of carboxylic acids is 1. The van der Waals surface area contributed by atoms with Crippen LogP contribution in [0.25, 0.3) is 0 Å². The van der Waals surface area contributed by atoms with Gasteiger partial charge in [-0.15, -0.1) is 10.2 Å². The van der Waals surface area contributed by atoms with Gasteiger partial charge in [-0.25, -0.2) is 0 Å². The quantitative estimate of drug-likeness (QED) is 0.918. The van der Waals surface area contributed by atoms with Gasteiger partial charge in [0.2, 0.25) is 11.8 Å². The van der Waals surface area contributed by atoms with Crippen LogP contribution < -0.4 is 0 Å². The van der Waals surface area contributed by atoms with Crippen LogP contribution >= 0.6 is 0 Å². The largest absolute Gasteiger partial charge is 0.481 e. The number of likely N-dealkylation sites (tertiary alicyclic amines) is 1. The Labute approximate surface area is 125 Å². The SMILES string of the molecule is CC(C)C1(C(=O)O)CCN(Cc2nnc(C(C)(C)C)o2)C1. The summed E-state index contributed by atoms with van der Waals surface area (Å²) in [5.74, 6) is 0.573. The molecule has 1 aromatic heterocycles. The fraction of sp³-hybridized carbons (Fsp3) is 0.800. The highest BCUT2D eigenvalue weighted by molar-refractivity contribution is 5.75. The molecule has 1 aliphatic heterocycles. The number of hydrogen-bond donors (Lipinski definition) is 1. The molecule has 0 bridgehead atoms. The molecular weight excluding hydrogens is 270 g/mol. The van der Waals surface area contributed by atoms with Gasteiger partial charge in [-0.3, -0.25) is 9.69 Å². The topological polar surface area (TPSA) is 79.5 Å². The molecule has 0 aromatic carbocycles. The van der Waals surface area contributed by atoms with Crippen molar-refractivity contribution in [1.82, 2.24) is 15.1 Å². The minimum absolute atomic E-state index is 0.104. The Kier molecular flexibility index (Phi) is 4.10. The van der Waals surface area contributed by atoms with E-state index in [0.29, 0.717) is 31.3 Å². The standard InChI is InChI=1S/C15H25N3O3/c1-10(2)15(13(19)20)6-7-18(9-15)8-11-16-17-12(21-11)14(3,4)5/h10H,6-9H2,1-5H3,(H,19,20). The summed E-state index contributed by atoms with van der Waals surface area (Å²) < 4.78 is 5.69. The molecule has 0 amide bonds. The van der Waals surface area contributed by atoms with Gasteiger partial charge in [0.1, 0.15) is 0 Å². The molecule has 118 valence electrons. The number of aromatic nitrogens is 2. The van der Waals surface area contributed by atoms with Crippen molar-refractivity contribution in [2.75, 3.05) is 13.1 Å². The van der Waals surface area contributed by atoms with Crippen LogP contribution in [0.15, 0.2) is 4.42 Å². The average Bonchev–Trinajstić information content (AvgIpc) is 2.96. The maximum Gasteiger partial charge on any atom is 0.311 e. The zero-order valence-electron chi connectivity index (χ0n) is 13.5. The number of carbonyl (C=O) groups is 1. The Morgan fingerprint density at radius 3 is 2.52 bits per heavy atom. The van der Waals surface area contributed by atoms with Crippen molar-refractivity contribution in [3.63, 3.8) is 0 Å². The molecule has 1 fully saturated rings. The zero-order valence-corrected chi connectivity index (χ0v) is 13.5. The van der Waals surface area contributed by atoms with Gasteiger partial charge in [0, 0.05) is 12.0 Å². The van der Waals surface area contributed by atoms with Gasteiger partial charge in [0.25, 0.3) is 0 Å². The minimum atomic E-state index is -0.707. The molecule has 1 unspecified atom stereocenters. The molecule has 21 heavy (non-hydrogen) atoms. The first-order valence-electron chi connectivity index (χ1n) is 7.44. The lowest BCUT2D eigenvalue weighted by molar-refractivity contribution is -0.151. The first kappa shape index (κ1) is 15.9. The molecule has 0 saturated carbocycles. The minimum Gasteiger partial charge on any atom is -0.481 e. The van der Waals surface area contributed by atoms with Crippen molar-refractivity contribution in [3.8, 4) is 0 Å². The van der Waals surface area contributed by atoms with Crippen molar-refractivity contribution in [2.45, 2.75) is 53.0 Å². The summed E-state index contributed by atoms with van der Waals surface area (Å²) in [7, 11) is 0. The van der Waals surface area contributed by atoms with Crippen LogP contribution in [0.2, 0.25) is 0 Å². The number of rotatable bonds is 4. The van der Waals surface area contributed by atoms with Crippen molar-refractivity contribution < 1.29 is 14.3 Å². The smallest absolute Gasteiger partial charge is 0.311 e. The lowest BCUT2D eigenvalue weighted by Crippen LogP contribution is -2.39. The van der Waals surface area contributed by atoms with Gasteiger partial charge in [0.15, 0.2) is 0 Å². The summed E-state index contributed by atoms with van der Waals surface area (Å²) in [4.78, 5) is 13.7. The summed E-state index contributed by atoms with van der Waals surface area (Å²) in [5, 5.41) is 17.7. The van der Waals surface area contributed by atoms with Gasteiger partial charge < -0.3 is 9.52 Å². The van der Waals surface area contributed by atoms with Gasteiger partial charge in [-0.05, 0) is 18.9 Å². The van der Waals surface area contributed by atoms with E-state index in [4.69, 9.17) is 4.42 Å². The Hall–Kier alpha value is -1.43. The molecule has 1 saturated heterocycles. The molecule has 1 atom stereocenters. The second kappa shape index (κ2) is 5.40. The summed E-state index contributed by atoms with van der Waals surface area (Å²) in [6.07, 6.45) is 0.667. The lowest BCUT2D eigenvalue weighted by Gasteiger charge is -2.28. The second-order valence-corrected chi connectivity index (χ2v) is 7.33. The van der Waals surface area contributed by atoms with Crippen LogP contribution in [0.3, 0.4) is 0 Å². The predicted molar refractivity (Wildman–Crippen MR) is 77.8 cm³/mol. The maximum atomic E-state index is 11.6. The molecule has 2 rings (SSSR count). The van der Waals surface area contributed by atoms with Crippen LogP contribution in [0.1, 0.15) is 52.8 Å². The summed E-state index contributed by atoms with van der Waals surface area (Å²) >= 11 is 0. The van der Waals surface area contributed by atoms with Crippen LogP contribution in [-0.2, 0) is 16.8 Å². The van der Waals surface area contributed by atoms with Crippen molar-refractivity contribution >= 4 is 5.97 Å². The molecule has 0 spiro atoms. The van der Waals surface area contributed by atoms with E-state index in [0.717, 1.165) is 6.54 Å². The third-order valence-electron chi connectivity index (χ3n) is 4.38. The van der Waals surface area contributed by atoms with E-state index in [1.54, 1.807) is 0 Å². The van der Waals surface area contributed by atoms with Gasteiger partial charge in [-0.2, -0.15) is 0 Å². The predicted octanol–water partition coefficient (Wildman–Crippen LogP) is 2.30. The summed E-state index contributed by atoms with van der Waals surface area (Å²) in [6, 6.07) is 0. The number of aliphatic carboxylic acids is 1. The normalized spacial score (nSPS) is 23.9. The van der Waals surface area contributed by atoms with Crippen LogP contribution in [0.4, 0.5) is 0 Å². The highest BCUT2D eigenvalue weighted by Gasteiger charge is 2.47. The highest BCUT2D eigenvalue weighted by Crippen LogP contribution is 2.38. The summed E-state index contributed by atoms with van der Waals surface area (Å²) in [6.45, 7) is 11.8. The molecule has 1 aromatic rings.